The van der Waals surface area contributed by atoms with E-state index in [-0.39, 0.29) is 5.76 Å². The molecule has 20 heavy (non-hydrogen) atoms. The number of rotatable bonds is 10. The number of aliphatic hydroxyl groups is 1. The third-order valence-electron chi connectivity index (χ3n) is 3.54. The lowest BCUT2D eigenvalue weighted by atomic mass is 10.1. The SMILES string of the molecule is C=CCCCCCCCCC/C=C1\C(=O)OC(=C)[C@H]1O. The topological polar surface area (TPSA) is 46.5 Å². The van der Waals surface area contributed by atoms with Crippen LogP contribution in [0.5, 0.6) is 0 Å². The van der Waals surface area contributed by atoms with Crippen LogP contribution >= 0.6 is 0 Å². The van der Waals surface area contributed by atoms with Crippen LogP contribution in [-0.2, 0) is 9.53 Å². The minimum absolute atomic E-state index is 0.140. The Morgan fingerprint density at radius 1 is 1.05 bits per heavy atom. The summed E-state index contributed by atoms with van der Waals surface area (Å²) in [6.07, 6.45) is 13.3. The molecule has 1 aliphatic rings. The Morgan fingerprint density at radius 2 is 1.60 bits per heavy atom. The van der Waals surface area contributed by atoms with Crippen LogP contribution in [0.1, 0.15) is 57.8 Å². The third-order valence-corrected chi connectivity index (χ3v) is 3.54. The molecule has 1 heterocycles. The molecule has 1 atom stereocenters. The van der Waals surface area contributed by atoms with Crippen molar-refractivity contribution in [3.63, 3.8) is 0 Å². The second-order valence-corrected chi connectivity index (χ2v) is 5.26. The molecule has 1 rings (SSSR count). The van der Waals surface area contributed by atoms with Crippen molar-refractivity contribution in [3.8, 4) is 0 Å². The number of aliphatic hydroxyl groups excluding tert-OH is 1. The van der Waals surface area contributed by atoms with Crippen LogP contribution in [0.3, 0.4) is 0 Å². The van der Waals surface area contributed by atoms with Gasteiger partial charge in [-0.1, -0.05) is 50.8 Å². The molecule has 0 aromatic rings. The van der Waals surface area contributed by atoms with Crippen molar-refractivity contribution in [3.05, 3.63) is 36.6 Å². The average Bonchev–Trinajstić information content (AvgIpc) is 2.67. The number of carbonyl (C=O) groups excluding carboxylic acids is 1. The summed E-state index contributed by atoms with van der Waals surface area (Å²) < 4.78 is 4.77. The van der Waals surface area contributed by atoms with Crippen molar-refractivity contribution in [1.82, 2.24) is 0 Å². The molecular weight excluding hydrogens is 252 g/mol. The Hall–Kier alpha value is -1.35. The predicted octanol–water partition coefficient (Wildman–Crippen LogP) is 4.04. The molecule has 112 valence electrons. The van der Waals surface area contributed by atoms with Crippen LogP contribution < -0.4 is 0 Å². The summed E-state index contributed by atoms with van der Waals surface area (Å²) in [7, 11) is 0. The molecule has 0 spiro atoms. The van der Waals surface area contributed by atoms with Gasteiger partial charge in [0.05, 0.1) is 5.57 Å². The molecular formula is C17H26O3. The zero-order chi connectivity index (χ0) is 14.8. The van der Waals surface area contributed by atoms with Crippen LogP contribution in [0.15, 0.2) is 36.6 Å². The largest absolute Gasteiger partial charge is 0.425 e. The predicted molar refractivity (Wildman–Crippen MR) is 81.1 cm³/mol. The molecule has 0 aliphatic carbocycles. The molecule has 1 N–H and O–H groups in total. The van der Waals surface area contributed by atoms with E-state index in [4.69, 9.17) is 4.74 Å². The lowest BCUT2D eigenvalue weighted by Gasteiger charge is -2.01. The van der Waals surface area contributed by atoms with E-state index in [1.165, 1.54) is 32.1 Å². The minimum atomic E-state index is -0.938. The molecule has 0 radical (unpaired) electrons. The number of ether oxygens (including phenoxy) is 1. The first-order valence-corrected chi connectivity index (χ1v) is 7.56. The summed E-state index contributed by atoms with van der Waals surface area (Å²) in [6.45, 7) is 7.21. The number of esters is 1. The lowest BCUT2D eigenvalue weighted by molar-refractivity contribution is -0.132. The maximum absolute atomic E-state index is 11.4. The van der Waals surface area contributed by atoms with E-state index in [0.29, 0.717) is 5.57 Å². The molecule has 3 heteroatoms. The van der Waals surface area contributed by atoms with Crippen LogP contribution in [0, 0.1) is 0 Å². The molecule has 0 bridgehead atoms. The summed E-state index contributed by atoms with van der Waals surface area (Å²) >= 11 is 0. The maximum atomic E-state index is 11.4. The molecule has 3 nitrogen and oxygen atoms in total. The van der Waals surface area contributed by atoms with Crippen molar-refractivity contribution >= 4 is 5.97 Å². The molecule has 1 fully saturated rings. The number of allylic oxidation sites excluding steroid dienone is 2. The van der Waals surface area contributed by atoms with Crippen LogP contribution in [0.4, 0.5) is 0 Å². The monoisotopic (exact) mass is 278 g/mol. The summed E-state index contributed by atoms with van der Waals surface area (Å²) in [6, 6.07) is 0. The molecule has 0 saturated carbocycles. The Labute approximate surface area is 122 Å². The van der Waals surface area contributed by atoms with Crippen molar-refractivity contribution in [2.75, 3.05) is 0 Å². The minimum Gasteiger partial charge on any atom is -0.425 e. The van der Waals surface area contributed by atoms with Gasteiger partial charge >= 0.3 is 5.97 Å². The van der Waals surface area contributed by atoms with Gasteiger partial charge < -0.3 is 9.84 Å². The number of unbranched alkanes of at least 4 members (excludes halogenated alkanes) is 8. The molecule has 0 unspecified atom stereocenters. The molecule has 0 amide bonds. The summed E-state index contributed by atoms with van der Waals surface area (Å²) in [5, 5.41) is 9.65. The molecule has 1 aliphatic heterocycles. The van der Waals surface area contributed by atoms with Gasteiger partial charge in [0.1, 0.15) is 11.9 Å². The Morgan fingerprint density at radius 3 is 2.10 bits per heavy atom. The van der Waals surface area contributed by atoms with E-state index >= 15 is 0 Å². The highest BCUT2D eigenvalue weighted by molar-refractivity contribution is 5.93. The van der Waals surface area contributed by atoms with E-state index in [1.807, 2.05) is 6.08 Å². The highest BCUT2D eigenvalue weighted by Gasteiger charge is 2.32. The first kappa shape index (κ1) is 16.7. The number of hydrogen-bond donors (Lipinski definition) is 1. The van der Waals surface area contributed by atoms with Gasteiger partial charge in [-0.2, -0.15) is 0 Å². The highest BCUT2D eigenvalue weighted by atomic mass is 16.6. The van der Waals surface area contributed by atoms with Gasteiger partial charge in [0, 0.05) is 0 Å². The zero-order valence-electron chi connectivity index (χ0n) is 12.3. The first-order valence-electron chi connectivity index (χ1n) is 7.56. The van der Waals surface area contributed by atoms with Crippen molar-refractivity contribution in [2.24, 2.45) is 0 Å². The zero-order valence-corrected chi connectivity index (χ0v) is 12.3. The van der Waals surface area contributed by atoms with E-state index in [1.54, 1.807) is 6.08 Å². The second-order valence-electron chi connectivity index (χ2n) is 5.26. The van der Waals surface area contributed by atoms with Crippen molar-refractivity contribution in [1.29, 1.82) is 0 Å². The van der Waals surface area contributed by atoms with Gasteiger partial charge in [-0.05, 0) is 25.7 Å². The van der Waals surface area contributed by atoms with Gasteiger partial charge in [0.15, 0.2) is 0 Å². The van der Waals surface area contributed by atoms with E-state index in [2.05, 4.69) is 13.2 Å². The second kappa shape index (κ2) is 9.54. The van der Waals surface area contributed by atoms with Crippen molar-refractivity contribution in [2.45, 2.75) is 63.9 Å². The summed E-state index contributed by atoms with van der Waals surface area (Å²) in [4.78, 5) is 11.4. The van der Waals surface area contributed by atoms with Gasteiger partial charge in [0.25, 0.3) is 0 Å². The molecule has 0 aromatic carbocycles. The van der Waals surface area contributed by atoms with Gasteiger partial charge in [0.2, 0.25) is 0 Å². The van der Waals surface area contributed by atoms with E-state index in [0.717, 1.165) is 25.7 Å². The van der Waals surface area contributed by atoms with Gasteiger partial charge in [-0.25, -0.2) is 4.79 Å². The van der Waals surface area contributed by atoms with Gasteiger partial charge in [-0.15, -0.1) is 6.58 Å². The summed E-state index contributed by atoms with van der Waals surface area (Å²) in [5.41, 5.74) is 0.347. The fourth-order valence-electron chi connectivity index (χ4n) is 2.29. The van der Waals surface area contributed by atoms with Crippen molar-refractivity contribution < 1.29 is 14.6 Å². The summed E-state index contributed by atoms with van der Waals surface area (Å²) in [5.74, 6) is -0.314. The fraction of sp³-hybridized carbons (Fsp3) is 0.588. The fourth-order valence-corrected chi connectivity index (χ4v) is 2.29. The van der Waals surface area contributed by atoms with Gasteiger partial charge in [-0.3, -0.25) is 0 Å². The van der Waals surface area contributed by atoms with E-state index in [9.17, 15) is 9.90 Å². The Bertz CT molecular complexity index is 368. The van der Waals surface area contributed by atoms with Crippen LogP contribution in [0.25, 0.3) is 0 Å². The third kappa shape index (κ3) is 5.74. The standard InChI is InChI=1S/C17H26O3/c1-3-4-5-6-7-8-9-10-11-12-13-15-16(18)14(2)20-17(15)19/h3,13,16,18H,1-2,4-12H2/b15-13-/t16-/m1/s1. The Balaban J connectivity index is 2.03. The normalized spacial score (nSPS) is 20.4. The smallest absolute Gasteiger partial charge is 0.341 e. The van der Waals surface area contributed by atoms with E-state index < -0.39 is 12.1 Å². The molecule has 1 saturated heterocycles. The quantitative estimate of drug-likeness (QED) is 0.284. The first-order chi connectivity index (χ1) is 9.66. The lowest BCUT2D eigenvalue weighted by Crippen LogP contribution is -2.07. The highest BCUT2D eigenvalue weighted by Crippen LogP contribution is 2.23. The van der Waals surface area contributed by atoms with Crippen LogP contribution in [-0.4, -0.2) is 17.2 Å². The Kier molecular flexibility index (Phi) is 7.97. The number of cyclic esters (lactones) is 1. The average molecular weight is 278 g/mol. The number of carbonyl (C=O) groups is 1. The molecule has 0 aromatic heterocycles. The maximum Gasteiger partial charge on any atom is 0.341 e. The van der Waals surface area contributed by atoms with Crippen LogP contribution in [0.2, 0.25) is 0 Å². The number of hydrogen-bond acceptors (Lipinski definition) is 3.